The van der Waals surface area contributed by atoms with Crippen LogP contribution in [0.1, 0.15) is 24.5 Å². The summed E-state index contributed by atoms with van der Waals surface area (Å²) in [6.45, 7) is 4.66. The Balaban J connectivity index is 1.94. The molecule has 0 aliphatic carbocycles. The Hall–Kier alpha value is -1.33. The van der Waals surface area contributed by atoms with Gasteiger partial charge in [-0.15, -0.1) is 0 Å². The monoisotopic (exact) mass is 351 g/mol. The van der Waals surface area contributed by atoms with E-state index in [9.17, 15) is 0 Å². The Bertz CT molecular complexity index is 568. The minimum absolute atomic E-state index is 0.648. The first-order chi connectivity index (χ1) is 10.2. The molecule has 1 aromatic heterocycles. The van der Waals surface area contributed by atoms with E-state index in [1.54, 1.807) is 0 Å². The normalized spacial score (nSPS) is 10.8. The molecule has 5 heteroatoms. The van der Waals surface area contributed by atoms with Crippen LogP contribution in [0.3, 0.4) is 0 Å². The molecule has 0 fully saturated rings. The van der Waals surface area contributed by atoms with Crippen LogP contribution in [0.4, 0.5) is 0 Å². The zero-order valence-corrected chi connectivity index (χ0v) is 14.2. The smallest absolute Gasteiger partial charge is 0.137 e. The number of para-hydroxylation sites is 1. The lowest BCUT2D eigenvalue weighted by atomic mass is 10.2. The van der Waals surface area contributed by atoms with Crippen LogP contribution >= 0.6 is 15.9 Å². The lowest BCUT2D eigenvalue weighted by molar-refractivity contribution is 0.315. The van der Waals surface area contributed by atoms with E-state index in [2.05, 4.69) is 39.3 Å². The summed E-state index contributed by atoms with van der Waals surface area (Å²) in [7, 11) is 1.93. The molecule has 2 rings (SSSR count). The van der Waals surface area contributed by atoms with Gasteiger partial charge in [0.1, 0.15) is 5.75 Å². The van der Waals surface area contributed by atoms with Gasteiger partial charge in [0.15, 0.2) is 0 Å². The van der Waals surface area contributed by atoms with Crippen molar-refractivity contribution in [3.8, 4) is 5.75 Å². The third-order valence-electron chi connectivity index (χ3n) is 3.19. The minimum Gasteiger partial charge on any atom is -0.492 e. The van der Waals surface area contributed by atoms with Crippen LogP contribution in [0.2, 0.25) is 0 Å². The molecular weight excluding hydrogens is 330 g/mol. The molecule has 0 amide bonds. The molecule has 0 unspecified atom stereocenters. The maximum atomic E-state index is 5.99. The highest BCUT2D eigenvalue weighted by molar-refractivity contribution is 9.10. The second kappa shape index (κ2) is 8.20. The predicted molar refractivity (Wildman–Crippen MR) is 88.5 cm³/mol. The Kier molecular flexibility index (Phi) is 6.26. The second-order valence-electron chi connectivity index (χ2n) is 5.03. The maximum Gasteiger partial charge on any atom is 0.137 e. The predicted octanol–water partition coefficient (Wildman–Crippen LogP) is 3.30. The molecule has 114 valence electrons. The molecular formula is C16H22BrN3O. The van der Waals surface area contributed by atoms with Gasteiger partial charge in [-0.25, -0.2) is 0 Å². The molecule has 0 radical (unpaired) electrons. The number of nitrogens with zero attached hydrogens (tertiary/aromatic N) is 2. The van der Waals surface area contributed by atoms with Gasteiger partial charge in [-0.2, -0.15) is 5.10 Å². The van der Waals surface area contributed by atoms with Gasteiger partial charge in [0.05, 0.1) is 17.3 Å². The fourth-order valence-corrected chi connectivity index (χ4v) is 2.65. The van der Waals surface area contributed by atoms with Crippen LogP contribution in [-0.4, -0.2) is 22.9 Å². The van der Waals surface area contributed by atoms with Gasteiger partial charge in [0.25, 0.3) is 0 Å². The number of halogens is 1. The van der Waals surface area contributed by atoms with Crippen molar-refractivity contribution in [2.45, 2.75) is 26.3 Å². The van der Waals surface area contributed by atoms with E-state index in [4.69, 9.17) is 4.74 Å². The summed E-state index contributed by atoms with van der Waals surface area (Å²) in [6.07, 6.45) is 5.89. The third kappa shape index (κ3) is 4.86. The molecule has 4 nitrogen and oxygen atoms in total. The number of hydrogen-bond donors (Lipinski definition) is 1. The van der Waals surface area contributed by atoms with Gasteiger partial charge in [-0.1, -0.05) is 19.1 Å². The van der Waals surface area contributed by atoms with Crippen molar-refractivity contribution in [3.05, 3.63) is 46.2 Å². The Morgan fingerprint density at radius 1 is 1.38 bits per heavy atom. The Labute approximate surface area is 134 Å². The quantitative estimate of drug-likeness (QED) is 0.741. The fraction of sp³-hybridized carbons (Fsp3) is 0.438. The zero-order valence-electron chi connectivity index (χ0n) is 12.6. The van der Waals surface area contributed by atoms with Gasteiger partial charge >= 0.3 is 0 Å². The number of aryl methyl sites for hydroxylation is 1. The molecule has 21 heavy (non-hydrogen) atoms. The van der Waals surface area contributed by atoms with Gasteiger partial charge < -0.3 is 10.1 Å². The summed E-state index contributed by atoms with van der Waals surface area (Å²) in [4.78, 5) is 0. The van der Waals surface area contributed by atoms with Crippen molar-refractivity contribution in [1.29, 1.82) is 0 Å². The maximum absolute atomic E-state index is 5.99. The molecule has 0 bridgehead atoms. The van der Waals surface area contributed by atoms with Crippen LogP contribution in [0.15, 0.2) is 35.1 Å². The molecule has 1 heterocycles. The minimum atomic E-state index is 0.648. The van der Waals surface area contributed by atoms with E-state index in [0.717, 1.165) is 36.2 Å². The van der Waals surface area contributed by atoms with Crippen molar-refractivity contribution < 1.29 is 4.74 Å². The number of rotatable bonds is 8. The van der Waals surface area contributed by atoms with Crippen LogP contribution in [-0.2, 0) is 20.0 Å². The summed E-state index contributed by atoms with van der Waals surface area (Å²) >= 11 is 3.58. The first-order valence-corrected chi connectivity index (χ1v) is 8.08. The molecule has 0 aliphatic rings. The fourth-order valence-electron chi connectivity index (χ4n) is 2.13. The zero-order chi connectivity index (χ0) is 15.1. The van der Waals surface area contributed by atoms with Gasteiger partial charge in [0.2, 0.25) is 0 Å². The lowest BCUT2D eigenvalue weighted by Crippen LogP contribution is -2.15. The molecule has 1 N–H and O–H groups in total. The van der Waals surface area contributed by atoms with Gasteiger partial charge in [-0.3, -0.25) is 4.68 Å². The summed E-state index contributed by atoms with van der Waals surface area (Å²) in [6, 6.07) is 6.16. The van der Waals surface area contributed by atoms with Gasteiger partial charge in [-0.05, 0) is 40.5 Å². The lowest BCUT2D eigenvalue weighted by Gasteiger charge is -2.13. The highest BCUT2D eigenvalue weighted by atomic mass is 79.9. The van der Waals surface area contributed by atoms with E-state index in [1.807, 2.05) is 36.3 Å². The van der Waals surface area contributed by atoms with Crippen LogP contribution in [0.25, 0.3) is 0 Å². The standard InChI is InChI=1S/C16H22BrN3O/c1-3-8-18-11-14-5-4-6-15(17)16(14)21-9-7-13-10-19-20(2)12-13/h4-6,10,12,18H,3,7-9,11H2,1-2H3. The number of hydrogen-bond acceptors (Lipinski definition) is 3. The second-order valence-corrected chi connectivity index (χ2v) is 5.88. The van der Waals surface area contributed by atoms with E-state index >= 15 is 0 Å². The van der Waals surface area contributed by atoms with Crippen LogP contribution in [0.5, 0.6) is 5.75 Å². The number of benzene rings is 1. The Morgan fingerprint density at radius 3 is 2.95 bits per heavy atom. The molecule has 0 saturated heterocycles. The highest BCUT2D eigenvalue weighted by Crippen LogP contribution is 2.29. The molecule has 1 aromatic carbocycles. The summed E-state index contributed by atoms with van der Waals surface area (Å²) in [5, 5.41) is 7.59. The van der Waals surface area contributed by atoms with Gasteiger partial charge in [0, 0.05) is 31.8 Å². The van der Waals surface area contributed by atoms with Crippen molar-refractivity contribution in [2.75, 3.05) is 13.2 Å². The summed E-state index contributed by atoms with van der Waals surface area (Å²) in [5.74, 6) is 0.935. The Morgan fingerprint density at radius 2 is 2.24 bits per heavy atom. The number of ether oxygens (including phenoxy) is 1. The number of nitrogens with one attached hydrogen (secondary N) is 1. The average Bonchev–Trinajstić information content (AvgIpc) is 2.87. The molecule has 0 saturated carbocycles. The largest absolute Gasteiger partial charge is 0.492 e. The molecule has 0 spiro atoms. The molecule has 2 aromatic rings. The first-order valence-electron chi connectivity index (χ1n) is 7.29. The molecule has 0 atom stereocenters. The number of aromatic nitrogens is 2. The first kappa shape index (κ1) is 16.0. The summed E-state index contributed by atoms with van der Waals surface area (Å²) in [5.41, 5.74) is 2.37. The van der Waals surface area contributed by atoms with Crippen LogP contribution in [0, 0.1) is 0 Å². The average molecular weight is 352 g/mol. The van der Waals surface area contributed by atoms with E-state index in [1.165, 1.54) is 11.1 Å². The third-order valence-corrected chi connectivity index (χ3v) is 3.81. The van der Waals surface area contributed by atoms with E-state index in [-0.39, 0.29) is 0 Å². The van der Waals surface area contributed by atoms with Crippen molar-refractivity contribution in [3.63, 3.8) is 0 Å². The summed E-state index contributed by atoms with van der Waals surface area (Å²) < 4.78 is 8.81. The van der Waals surface area contributed by atoms with Crippen molar-refractivity contribution in [2.24, 2.45) is 7.05 Å². The highest BCUT2D eigenvalue weighted by Gasteiger charge is 2.08. The van der Waals surface area contributed by atoms with E-state index < -0.39 is 0 Å². The SMILES string of the molecule is CCCNCc1cccc(Br)c1OCCc1cnn(C)c1. The van der Waals surface area contributed by atoms with E-state index in [0.29, 0.717) is 6.61 Å². The van der Waals surface area contributed by atoms with Crippen molar-refractivity contribution in [1.82, 2.24) is 15.1 Å². The molecule has 0 aliphatic heterocycles. The topological polar surface area (TPSA) is 39.1 Å². The van der Waals surface area contributed by atoms with Crippen LogP contribution < -0.4 is 10.1 Å². The van der Waals surface area contributed by atoms with Crippen molar-refractivity contribution >= 4 is 15.9 Å².